The largest absolute Gasteiger partial charge is 0.497 e. The fourth-order valence-electron chi connectivity index (χ4n) is 1.53. The minimum atomic E-state index is -0.0186. The zero-order chi connectivity index (χ0) is 15.0. The molecule has 0 aliphatic heterocycles. The normalized spacial score (nSPS) is 12.5. The molecule has 0 aliphatic rings. The van der Waals surface area contributed by atoms with E-state index in [0.29, 0.717) is 18.4 Å². The van der Waals surface area contributed by atoms with Gasteiger partial charge in [0.2, 0.25) is 0 Å². The van der Waals surface area contributed by atoms with Crippen LogP contribution in [0.2, 0.25) is 0 Å². The molecule has 1 aromatic carbocycles. The summed E-state index contributed by atoms with van der Waals surface area (Å²) in [4.78, 5) is 4.24. The molecule has 0 fully saturated rings. The summed E-state index contributed by atoms with van der Waals surface area (Å²) >= 11 is 0. The quantitative estimate of drug-likeness (QED) is 0.414. The number of rotatable bonds is 7. The average Bonchev–Trinajstić information content (AvgIpc) is 2.43. The van der Waals surface area contributed by atoms with Crippen molar-refractivity contribution in [1.29, 1.82) is 0 Å². The van der Waals surface area contributed by atoms with Gasteiger partial charge in [0.25, 0.3) is 0 Å². The van der Waals surface area contributed by atoms with E-state index in [2.05, 4.69) is 24.2 Å². The Morgan fingerprint density at radius 3 is 2.57 bits per heavy atom. The van der Waals surface area contributed by atoms with Crippen LogP contribution in [0.1, 0.15) is 20.8 Å². The van der Waals surface area contributed by atoms with Crippen LogP contribution < -0.4 is 20.5 Å². The van der Waals surface area contributed by atoms with E-state index in [4.69, 9.17) is 15.2 Å². The number of nitrogens with one attached hydrogen (secondary N) is 1. The predicted octanol–water partition coefficient (Wildman–Crippen LogP) is 2.64. The number of methoxy groups -OCH3 is 1. The maximum atomic E-state index is 5.78. The Morgan fingerprint density at radius 1 is 1.29 bits per heavy atom. The van der Waals surface area contributed by atoms with Crippen molar-refractivity contribution in [1.82, 2.24) is 5.32 Å². The molecular weight excluding hydrogens is 381 g/mol. The lowest BCUT2D eigenvalue weighted by atomic mass is 10.2. The van der Waals surface area contributed by atoms with Gasteiger partial charge in [-0.05, 0) is 25.0 Å². The molecule has 0 saturated heterocycles. The summed E-state index contributed by atoms with van der Waals surface area (Å²) in [5, 5.41) is 3.06. The van der Waals surface area contributed by atoms with Crippen molar-refractivity contribution < 1.29 is 9.47 Å². The first kappa shape index (κ1) is 19.8. The molecule has 0 aliphatic carbocycles. The fourth-order valence-corrected chi connectivity index (χ4v) is 1.53. The van der Waals surface area contributed by atoms with Crippen LogP contribution in [0.4, 0.5) is 0 Å². The van der Waals surface area contributed by atoms with Gasteiger partial charge < -0.3 is 20.5 Å². The molecule has 1 rings (SSSR count). The molecular formula is C15H26IN3O2. The third-order valence-electron chi connectivity index (χ3n) is 2.58. The van der Waals surface area contributed by atoms with Crippen molar-refractivity contribution >= 4 is 29.9 Å². The molecule has 120 valence electrons. The predicted molar refractivity (Wildman–Crippen MR) is 97.8 cm³/mol. The van der Waals surface area contributed by atoms with Crippen LogP contribution in [-0.2, 0) is 0 Å². The Balaban J connectivity index is 0.00000400. The number of nitrogens with zero attached hydrogens (tertiary/aromatic N) is 1. The maximum absolute atomic E-state index is 5.78. The molecule has 0 spiro atoms. The summed E-state index contributed by atoms with van der Waals surface area (Å²) in [6, 6.07) is 7.53. The molecule has 1 unspecified atom stereocenters. The zero-order valence-electron chi connectivity index (χ0n) is 13.1. The first-order valence-electron chi connectivity index (χ1n) is 6.85. The maximum Gasteiger partial charge on any atom is 0.188 e. The first-order valence-corrected chi connectivity index (χ1v) is 6.85. The van der Waals surface area contributed by atoms with Crippen LogP contribution in [0.15, 0.2) is 29.3 Å². The second-order valence-electron chi connectivity index (χ2n) is 5.11. The van der Waals surface area contributed by atoms with Gasteiger partial charge in [0.1, 0.15) is 17.6 Å². The summed E-state index contributed by atoms with van der Waals surface area (Å²) in [5.41, 5.74) is 5.77. The van der Waals surface area contributed by atoms with Gasteiger partial charge in [0.15, 0.2) is 5.96 Å². The van der Waals surface area contributed by atoms with Crippen LogP contribution in [-0.4, -0.2) is 32.3 Å². The SMILES string of the molecule is COc1cccc(OC(C)CNC(N)=NCC(C)C)c1.I. The average molecular weight is 407 g/mol. The topological polar surface area (TPSA) is 68.9 Å². The Kier molecular flexibility index (Phi) is 9.94. The summed E-state index contributed by atoms with van der Waals surface area (Å²) in [6.45, 7) is 7.51. The smallest absolute Gasteiger partial charge is 0.188 e. The molecule has 1 aromatic rings. The van der Waals surface area contributed by atoms with Gasteiger partial charge >= 0.3 is 0 Å². The molecule has 3 N–H and O–H groups in total. The number of halogens is 1. The van der Waals surface area contributed by atoms with Crippen LogP contribution in [0.3, 0.4) is 0 Å². The van der Waals surface area contributed by atoms with Crippen LogP contribution in [0, 0.1) is 5.92 Å². The minimum absolute atomic E-state index is 0. The number of hydrogen-bond acceptors (Lipinski definition) is 3. The summed E-state index contributed by atoms with van der Waals surface area (Å²) in [5.74, 6) is 2.51. The van der Waals surface area contributed by atoms with Crippen molar-refractivity contribution in [3.63, 3.8) is 0 Å². The number of guanidine groups is 1. The lowest BCUT2D eigenvalue weighted by Gasteiger charge is -2.16. The van der Waals surface area contributed by atoms with Gasteiger partial charge in [0.05, 0.1) is 13.7 Å². The van der Waals surface area contributed by atoms with Gasteiger partial charge in [0, 0.05) is 12.6 Å². The third-order valence-corrected chi connectivity index (χ3v) is 2.58. The van der Waals surface area contributed by atoms with E-state index < -0.39 is 0 Å². The van der Waals surface area contributed by atoms with Gasteiger partial charge in [-0.25, -0.2) is 0 Å². The summed E-state index contributed by atoms with van der Waals surface area (Å²) in [7, 11) is 1.63. The van der Waals surface area contributed by atoms with E-state index in [1.54, 1.807) is 7.11 Å². The van der Waals surface area contributed by atoms with Crippen LogP contribution in [0.5, 0.6) is 11.5 Å². The number of benzene rings is 1. The lowest BCUT2D eigenvalue weighted by molar-refractivity contribution is 0.223. The van der Waals surface area contributed by atoms with E-state index in [-0.39, 0.29) is 30.1 Å². The van der Waals surface area contributed by atoms with Crippen molar-refractivity contribution in [3.8, 4) is 11.5 Å². The van der Waals surface area contributed by atoms with Crippen LogP contribution >= 0.6 is 24.0 Å². The summed E-state index contributed by atoms with van der Waals surface area (Å²) < 4.78 is 10.9. The molecule has 0 saturated carbocycles. The highest BCUT2D eigenvalue weighted by atomic mass is 127. The van der Waals surface area contributed by atoms with Crippen molar-refractivity contribution in [3.05, 3.63) is 24.3 Å². The molecule has 0 aromatic heterocycles. The third kappa shape index (κ3) is 8.64. The molecule has 21 heavy (non-hydrogen) atoms. The highest BCUT2D eigenvalue weighted by molar-refractivity contribution is 14.0. The van der Waals surface area contributed by atoms with E-state index in [0.717, 1.165) is 18.0 Å². The fraction of sp³-hybridized carbons (Fsp3) is 0.533. The zero-order valence-corrected chi connectivity index (χ0v) is 15.5. The highest BCUT2D eigenvalue weighted by Crippen LogP contribution is 2.19. The number of aliphatic imine (C=N–C) groups is 1. The Hall–Kier alpha value is -1.18. The molecule has 0 bridgehead atoms. The number of hydrogen-bond donors (Lipinski definition) is 2. The van der Waals surface area contributed by atoms with Crippen molar-refractivity contribution in [2.45, 2.75) is 26.9 Å². The van der Waals surface area contributed by atoms with E-state index >= 15 is 0 Å². The molecule has 0 radical (unpaired) electrons. The van der Waals surface area contributed by atoms with Crippen LogP contribution in [0.25, 0.3) is 0 Å². The highest BCUT2D eigenvalue weighted by Gasteiger charge is 2.05. The van der Waals surface area contributed by atoms with Gasteiger partial charge in [-0.15, -0.1) is 24.0 Å². The minimum Gasteiger partial charge on any atom is -0.497 e. The van der Waals surface area contributed by atoms with Crippen molar-refractivity contribution in [2.24, 2.45) is 16.6 Å². The molecule has 0 amide bonds. The Morgan fingerprint density at radius 2 is 1.95 bits per heavy atom. The van der Waals surface area contributed by atoms with Gasteiger partial charge in [-0.1, -0.05) is 19.9 Å². The van der Waals surface area contributed by atoms with Crippen molar-refractivity contribution in [2.75, 3.05) is 20.2 Å². The summed E-state index contributed by atoms with van der Waals surface area (Å²) in [6.07, 6.45) is -0.0186. The second kappa shape index (κ2) is 10.5. The number of ether oxygens (including phenoxy) is 2. The molecule has 0 heterocycles. The Bertz CT molecular complexity index is 439. The standard InChI is InChI=1S/C15H25N3O2.HI/c1-11(2)9-17-15(16)18-10-12(3)20-14-7-5-6-13(8-14)19-4;/h5-8,11-12H,9-10H2,1-4H3,(H3,16,17,18);1H. The van der Waals surface area contributed by atoms with E-state index in [1.807, 2.05) is 31.2 Å². The van der Waals surface area contributed by atoms with Gasteiger partial charge in [-0.2, -0.15) is 0 Å². The molecule has 6 heteroatoms. The number of nitrogens with two attached hydrogens (primary N) is 1. The van der Waals surface area contributed by atoms with E-state index in [1.165, 1.54) is 0 Å². The first-order chi connectivity index (χ1) is 9.51. The van der Waals surface area contributed by atoms with E-state index in [9.17, 15) is 0 Å². The van der Waals surface area contributed by atoms with Gasteiger partial charge in [-0.3, -0.25) is 4.99 Å². The lowest BCUT2D eigenvalue weighted by Crippen LogP contribution is -2.38. The monoisotopic (exact) mass is 407 g/mol. The Labute approximate surface area is 144 Å². The molecule has 1 atom stereocenters. The second-order valence-corrected chi connectivity index (χ2v) is 5.11. The molecule has 5 nitrogen and oxygen atoms in total.